The van der Waals surface area contributed by atoms with Gasteiger partial charge in [0, 0.05) is 11.8 Å². The van der Waals surface area contributed by atoms with E-state index in [0.717, 1.165) is 107 Å². The molecular weight excluding hydrogens is 676 g/mol. The number of ether oxygens (including phenoxy) is 2. The van der Waals surface area contributed by atoms with Crippen LogP contribution in [-0.4, -0.2) is 23.2 Å². The van der Waals surface area contributed by atoms with Gasteiger partial charge in [-0.25, -0.2) is 0 Å². The fraction of sp³-hybridized carbons (Fsp3) is 0.422. The van der Waals surface area contributed by atoms with Crippen molar-refractivity contribution in [2.75, 3.05) is 13.2 Å². The van der Waals surface area contributed by atoms with Crippen LogP contribution < -0.4 is 9.47 Å². The highest BCUT2D eigenvalue weighted by molar-refractivity contribution is 5.35. The Balaban J connectivity index is 0.000000204. The fourth-order valence-electron chi connectivity index (χ4n) is 6.74. The molecule has 0 unspecified atom stereocenters. The molecule has 4 aromatic rings. The van der Waals surface area contributed by atoms with Crippen LogP contribution in [0.15, 0.2) is 72.8 Å². The maximum absolute atomic E-state index is 13.6. The summed E-state index contributed by atoms with van der Waals surface area (Å²) in [5.41, 5.74) is 3.01. The molecule has 0 spiro atoms. The summed E-state index contributed by atoms with van der Waals surface area (Å²) >= 11 is 0. The second-order valence-corrected chi connectivity index (χ2v) is 13.8. The van der Waals surface area contributed by atoms with Crippen molar-refractivity contribution < 1.29 is 27.0 Å². The zero-order chi connectivity index (χ0) is 37.4. The van der Waals surface area contributed by atoms with Gasteiger partial charge in [0.1, 0.15) is 11.5 Å². The SMILES string of the molecule is CCCCOc1ccc([C@H]2CC[C@H](C#Cc3ccc(F)nc3F)CC2)cc1.CCCOc1ccc([C@H]2CC[C@H](C#Cc3ccc(F)nc3F)CC2)cc1. The van der Waals surface area contributed by atoms with Gasteiger partial charge in [0.15, 0.2) is 0 Å². The molecule has 0 bridgehead atoms. The van der Waals surface area contributed by atoms with Crippen LogP contribution in [0, 0.1) is 59.3 Å². The van der Waals surface area contributed by atoms with E-state index in [1.54, 1.807) is 0 Å². The Morgan fingerprint density at radius 2 is 0.943 bits per heavy atom. The predicted molar refractivity (Wildman–Crippen MR) is 201 cm³/mol. The summed E-state index contributed by atoms with van der Waals surface area (Å²) in [6.45, 7) is 5.76. The highest BCUT2D eigenvalue weighted by Crippen LogP contribution is 2.37. The lowest BCUT2D eigenvalue weighted by Crippen LogP contribution is -2.12. The van der Waals surface area contributed by atoms with Crippen molar-refractivity contribution in [3.05, 3.63) is 119 Å². The topological polar surface area (TPSA) is 44.2 Å². The summed E-state index contributed by atoms with van der Waals surface area (Å²) in [5.74, 6) is 12.0. The van der Waals surface area contributed by atoms with Gasteiger partial charge < -0.3 is 9.47 Å². The van der Waals surface area contributed by atoms with E-state index in [1.165, 1.54) is 23.3 Å². The number of halogens is 4. The first-order valence-electron chi connectivity index (χ1n) is 18.9. The van der Waals surface area contributed by atoms with Crippen LogP contribution in [0.2, 0.25) is 0 Å². The van der Waals surface area contributed by atoms with Gasteiger partial charge in [-0.3, -0.25) is 0 Å². The summed E-state index contributed by atoms with van der Waals surface area (Å²) in [6.07, 6.45) is 11.4. The minimum Gasteiger partial charge on any atom is -0.494 e. The normalized spacial score (nSPS) is 19.4. The van der Waals surface area contributed by atoms with Crippen molar-refractivity contribution >= 4 is 0 Å². The lowest BCUT2D eigenvalue weighted by molar-refractivity contribution is 0.309. The molecule has 0 atom stereocenters. The Morgan fingerprint density at radius 3 is 1.32 bits per heavy atom. The zero-order valence-electron chi connectivity index (χ0n) is 30.7. The molecule has 278 valence electrons. The second kappa shape index (κ2) is 20.4. The Kier molecular flexibility index (Phi) is 15.2. The fourth-order valence-corrected chi connectivity index (χ4v) is 6.74. The maximum atomic E-state index is 13.6. The van der Waals surface area contributed by atoms with Crippen LogP contribution in [0.3, 0.4) is 0 Å². The number of benzene rings is 2. The molecule has 0 saturated heterocycles. The number of nitrogens with zero attached hydrogens (tertiary/aromatic N) is 2. The van der Waals surface area contributed by atoms with E-state index in [0.29, 0.717) is 11.8 Å². The van der Waals surface area contributed by atoms with E-state index < -0.39 is 23.8 Å². The molecule has 0 radical (unpaired) electrons. The lowest BCUT2D eigenvalue weighted by atomic mass is 9.79. The second-order valence-electron chi connectivity index (χ2n) is 13.8. The number of rotatable bonds is 9. The van der Waals surface area contributed by atoms with E-state index in [2.05, 4.69) is 83.9 Å². The Morgan fingerprint density at radius 1 is 0.528 bits per heavy atom. The molecule has 6 rings (SSSR count). The molecule has 2 aliphatic rings. The molecule has 2 fully saturated rings. The van der Waals surface area contributed by atoms with Gasteiger partial charge in [0.25, 0.3) is 0 Å². The van der Waals surface area contributed by atoms with E-state index >= 15 is 0 Å². The molecule has 2 saturated carbocycles. The highest BCUT2D eigenvalue weighted by Gasteiger charge is 2.22. The minimum absolute atomic E-state index is 0.163. The molecule has 0 amide bonds. The third-order valence-electron chi connectivity index (χ3n) is 9.85. The number of aromatic nitrogens is 2. The van der Waals surface area contributed by atoms with E-state index in [1.807, 2.05) is 12.1 Å². The van der Waals surface area contributed by atoms with Crippen LogP contribution in [0.25, 0.3) is 0 Å². The molecule has 0 aliphatic heterocycles. The summed E-state index contributed by atoms with van der Waals surface area (Å²) in [7, 11) is 0. The average Bonchev–Trinajstić information content (AvgIpc) is 3.18. The summed E-state index contributed by atoms with van der Waals surface area (Å²) in [4.78, 5) is 6.34. The largest absolute Gasteiger partial charge is 0.494 e. The minimum atomic E-state index is -0.837. The van der Waals surface area contributed by atoms with Crippen molar-refractivity contribution in [3.63, 3.8) is 0 Å². The zero-order valence-corrected chi connectivity index (χ0v) is 30.7. The standard InChI is InChI=1S/C23H25F2NO.C22H23F2NO/c1-2-3-16-27-21-13-10-19(11-14-21)18-7-4-17(5-8-18)6-9-20-12-15-22(24)26-23(20)25;1-2-15-26-20-12-9-18(10-13-20)17-6-3-16(4-7-17)5-8-19-11-14-21(23)25-22(19)24/h10-15,17-18H,2-5,7-8,16H2,1H3;9-14,16-17H,2-4,6-7,15H2,1H3/t17-,18-;16-,17-. The third-order valence-corrected chi connectivity index (χ3v) is 9.85. The maximum Gasteiger partial charge on any atom is 0.231 e. The first-order chi connectivity index (χ1) is 25.8. The molecule has 53 heavy (non-hydrogen) atoms. The Hall–Kier alpha value is -4.82. The lowest BCUT2D eigenvalue weighted by Gasteiger charge is -2.26. The van der Waals surface area contributed by atoms with Crippen LogP contribution >= 0.6 is 0 Å². The van der Waals surface area contributed by atoms with Crippen LogP contribution in [0.5, 0.6) is 11.5 Å². The third kappa shape index (κ3) is 12.4. The van der Waals surface area contributed by atoms with Crippen molar-refractivity contribution in [3.8, 4) is 35.2 Å². The van der Waals surface area contributed by atoms with E-state index in [9.17, 15) is 17.6 Å². The number of hydrogen-bond donors (Lipinski definition) is 0. The summed E-state index contributed by atoms with van der Waals surface area (Å²) < 4.78 is 64.1. The number of unbranched alkanes of at least 4 members (excludes halogenated alkanes) is 1. The van der Waals surface area contributed by atoms with Crippen molar-refractivity contribution in [1.82, 2.24) is 9.97 Å². The Bertz CT molecular complexity index is 1860. The van der Waals surface area contributed by atoms with Crippen molar-refractivity contribution in [2.45, 2.75) is 96.3 Å². The Labute approximate surface area is 311 Å². The van der Waals surface area contributed by atoms with Gasteiger partial charge in [0.2, 0.25) is 23.8 Å². The monoisotopic (exact) mass is 724 g/mol. The molecule has 2 heterocycles. The molecule has 0 N–H and O–H groups in total. The smallest absolute Gasteiger partial charge is 0.231 e. The van der Waals surface area contributed by atoms with Gasteiger partial charge in [-0.1, -0.05) is 68.2 Å². The van der Waals surface area contributed by atoms with Crippen LogP contribution in [0.1, 0.15) is 119 Å². The molecule has 2 aromatic carbocycles. The van der Waals surface area contributed by atoms with Crippen molar-refractivity contribution in [2.24, 2.45) is 11.8 Å². The van der Waals surface area contributed by atoms with Crippen molar-refractivity contribution in [1.29, 1.82) is 0 Å². The molecule has 2 aromatic heterocycles. The molecule has 2 aliphatic carbocycles. The first kappa shape index (κ1) is 39.4. The highest BCUT2D eigenvalue weighted by atomic mass is 19.1. The number of pyridine rings is 2. The van der Waals surface area contributed by atoms with Crippen LogP contribution in [-0.2, 0) is 0 Å². The van der Waals surface area contributed by atoms with Gasteiger partial charge in [-0.15, -0.1) is 0 Å². The quantitative estimate of drug-likeness (QED) is 0.0746. The van der Waals surface area contributed by atoms with E-state index in [4.69, 9.17) is 9.47 Å². The average molecular weight is 725 g/mol. The van der Waals surface area contributed by atoms with Gasteiger partial charge in [-0.05, 0) is 136 Å². The van der Waals surface area contributed by atoms with Gasteiger partial charge in [0.05, 0.1) is 24.3 Å². The van der Waals surface area contributed by atoms with Crippen LogP contribution in [0.4, 0.5) is 17.6 Å². The number of hydrogen-bond acceptors (Lipinski definition) is 4. The summed E-state index contributed by atoms with van der Waals surface area (Å²) in [5, 5.41) is 0. The first-order valence-corrected chi connectivity index (χ1v) is 18.9. The predicted octanol–water partition coefficient (Wildman–Crippen LogP) is 11.3. The molecule has 4 nitrogen and oxygen atoms in total. The molecular formula is C45H48F4N2O2. The van der Waals surface area contributed by atoms with Gasteiger partial charge >= 0.3 is 0 Å². The summed E-state index contributed by atoms with van der Waals surface area (Å²) in [6, 6.07) is 21.8. The molecule has 8 heteroatoms. The van der Waals surface area contributed by atoms with E-state index in [-0.39, 0.29) is 23.0 Å². The van der Waals surface area contributed by atoms with Gasteiger partial charge in [-0.2, -0.15) is 27.5 Å².